The summed E-state index contributed by atoms with van der Waals surface area (Å²) in [5, 5.41) is 2.06. The molecule has 0 amide bonds. The second-order valence-corrected chi connectivity index (χ2v) is 7.74. The summed E-state index contributed by atoms with van der Waals surface area (Å²) in [6, 6.07) is 11.7. The highest BCUT2D eigenvalue weighted by molar-refractivity contribution is 5.87. The molecule has 2 atom stereocenters. The van der Waals surface area contributed by atoms with Crippen LogP contribution in [0.15, 0.2) is 48.9 Å². The molecule has 0 radical (unpaired) electrons. The highest BCUT2D eigenvalue weighted by Crippen LogP contribution is 2.33. The van der Waals surface area contributed by atoms with Gasteiger partial charge in [0.25, 0.3) is 0 Å². The lowest BCUT2D eigenvalue weighted by molar-refractivity contribution is -0.0156. The molecule has 0 bridgehead atoms. The van der Waals surface area contributed by atoms with Gasteiger partial charge in [0.2, 0.25) is 0 Å². The van der Waals surface area contributed by atoms with Gasteiger partial charge in [-0.3, -0.25) is 0 Å². The number of hydrogen-bond donors (Lipinski definition) is 1. The third-order valence-electron chi connectivity index (χ3n) is 5.43. The maximum absolute atomic E-state index is 6.27. The summed E-state index contributed by atoms with van der Waals surface area (Å²) in [5.74, 6) is 2.17. The molecule has 2 unspecified atom stereocenters. The average Bonchev–Trinajstić information content (AvgIpc) is 3.38. The van der Waals surface area contributed by atoms with E-state index in [0.717, 1.165) is 46.3 Å². The van der Waals surface area contributed by atoms with Crippen LogP contribution in [0, 0.1) is 0 Å². The zero-order chi connectivity index (χ0) is 20.7. The number of benzene rings is 1. The summed E-state index contributed by atoms with van der Waals surface area (Å²) in [5.41, 5.74) is 7.50. The van der Waals surface area contributed by atoms with Gasteiger partial charge in [-0.25, -0.2) is 15.0 Å². The Labute approximate surface area is 174 Å². The van der Waals surface area contributed by atoms with Crippen LogP contribution < -0.4 is 15.4 Å². The van der Waals surface area contributed by atoms with Crippen molar-refractivity contribution in [1.29, 1.82) is 0 Å². The van der Waals surface area contributed by atoms with Gasteiger partial charge in [0.05, 0.1) is 17.0 Å². The zero-order valence-electron chi connectivity index (χ0n) is 17.0. The van der Waals surface area contributed by atoms with E-state index >= 15 is 0 Å². The van der Waals surface area contributed by atoms with Crippen molar-refractivity contribution in [2.24, 2.45) is 0 Å². The lowest BCUT2D eigenvalue weighted by Crippen LogP contribution is -2.18. The van der Waals surface area contributed by atoms with Gasteiger partial charge in [-0.05, 0) is 43.2 Å². The zero-order valence-corrected chi connectivity index (χ0v) is 17.0. The van der Waals surface area contributed by atoms with Gasteiger partial charge in [0.15, 0.2) is 0 Å². The fraction of sp³-hybridized carbons (Fsp3) is 0.318. The maximum Gasteiger partial charge on any atom is 0.147 e. The normalized spacial score (nSPS) is 18.9. The number of hydrogen-bond acceptors (Lipinski definition) is 7. The average molecular weight is 404 g/mol. The van der Waals surface area contributed by atoms with Crippen LogP contribution in [0.3, 0.4) is 0 Å². The molecule has 5 rings (SSSR count). The van der Waals surface area contributed by atoms with Gasteiger partial charge < -0.3 is 24.7 Å². The number of nitrogens with zero attached hydrogens (tertiary/aromatic N) is 5. The molecule has 4 aromatic rings. The Balaban J connectivity index is 1.28. The van der Waals surface area contributed by atoms with E-state index in [0.29, 0.717) is 12.4 Å². The Kier molecular flexibility index (Phi) is 4.63. The van der Waals surface area contributed by atoms with E-state index in [4.69, 9.17) is 15.2 Å². The number of nitrogen functional groups attached to an aromatic ring is 1. The first-order chi connectivity index (χ1) is 14.6. The molecule has 8 heteroatoms. The molecule has 1 aliphatic rings. The molecule has 4 heterocycles. The van der Waals surface area contributed by atoms with Crippen molar-refractivity contribution in [2.75, 3.05) is 31.3 Å². The first-order valence-corrected chi connectivity index (χ1v) is 10.0. The molecular formula is C22H24N6O2. The third kappa shape index (κ3) is 3.39. The monoisotopic (exact) mass is 404 g/mol. The second-order valence-electron chi connectivity index (χ2n) is 7.74. The Hall–Kier alpha value is -3.39. The lowest BCUT2D eigenvalue weighted by Gasteiger charge is -2.17. The van der Waals surface area contributed by atoms with Crippen molar-refractivity contribution >= 4 is 33.6 Å². The molecule has 0 saturated carbocycles. The van der Waals surface area contributed by atoms with E-state index in [1.54, 1.807) is 12.4 Å². The van der Waals surface area contributed by atoms with Crippen molar-refractivity contribution < 1.29 is 9.47 Å². The van der Waals surface area contributed by atoms with Gasteiger partial charge in [-0.15, -0.1) is 0 Å². The van der Waals surface area contributed by atoms with Crippen LogP contribution in [0.4, 0.5) is 11.6 Å². The number of rotatable bonds is 5. The second kappa shape index (κ2) is 7.46. The molecule has 3 aromatic heterocycles. The van der Waals surface area contributed by atoms with Crippen LogP contribution in [0.5, 0.6) is 5.75 Å². The van der Waals surface area contributed by atoms with Crippen molar-refractivity contribution in [2.45, 2.75) is 25.2 Å². The predicted octanol–water partition coefficient (Wildman–Crippen LogP) is 3.38. The van der Waals surface area contributed by atoms with Gasteiger partial charge in [-0.1, -0.05) is 0 Å². The maximum atomic E-state index is 6.27. The Morgan fingerprint density at radius 1 is 1.17 bits per heavy atom. The molecule has 2 N–H and O–H groups in total. The lowest BCUT2D eigenvalue weighted by atomic mass is 10.2. The van der Waals surface area contributed by atoms with Crippen LogP contribution in [0.25, 0.3) is 21.9 Å². The molecule has 154 valence electrons. The van der Waals surface area contributed by atoms with Crippen molar-refractivity contribution in [3.05, 3.63) is 48.9 Å². The minimum Gasteiger partial charge on any atom is -0.491 e. The van der Waals surface area contributed by atoms with E-state index in [-0.39, 0.29) is 12.3 Å². The summed E-state index contributed by atoms with van der Waals surface area (Å²) in [6.07, 6.45) is 5.43. The van der Waals surface area contributed by atoms with Gasteiger partial charge in [0.1, 0.15) is 42.2 Å². The van der Waals surface area contributed by atoms with Gasteiger partial charge >= 0.3 is 0 Å². The Morgan fingerprint density at radius 3 is 2.90 bits per heavy atom. The SMILES string of the molecule is CN(C)c1ncnc2c1ccn2C1CCC(COc2ccc3ccc(N)nc3c2)O1. The molecule has 1 aliphatic heterocycles. The fourth-order valence-electron chi connectivity index (χ4n) is 3.95. The minimum absolute atomic E-state index is 0.0205. The number of ether oxygens (including phenoxy) is 2. The largest absolute Gasteiger partial charge is 0.491 e. The van der Waals surface area contributed by atoms with Crippen molar-refractivity contribution in [3.63, 3.8) is 0 Å². The van der Waals surface area contributed by atoms with E-state index in [2.05, 4.69) is 19.5 Å². The van der Waals surface area contributed by atoms with Crippen LogP contribution in [0.1, 0.15) is 19.1 Å². The molecule has 1 aromatic carbocycles. The van der Waals surface area contributed by atoms with Crippen molar-refractivity contribution in [3.8, 4) is 5.75 Å². The molecular weight excluding hydrogens is 380 g/mol. The van der Waals surface area contributed by atoms with Gasteiger partial charge in [0, 0.05) is 31.7 Å². The van der Waals surface area contributed by atoms with E-state index in [1.165, 1.54) is 0 Å². The molecule has 30 heavy (non-hydrogen) atoms. The fourth-order valence-corrected chi connectivity index (χ4v) is 3.95. The molecule has 1 fully saturated rings. The first-order valence-electron chi connectivity index (χ1n) is 10.0. The van der Waals surface area contributed by atoms with E-state index in [1.807, 2.05) is 55.5 Å². The highest BCUT2D eigenvalue weighted by atomic mass is 16.6. The van der Waals surface area contributed by atoms with Crippen LogP contribution >= 0.6 is 0 Å². The standard InChI is InChI=1S/C22H24N6O2/c1-27(2)21-17-9-10-28(22(17)25-13-24-21)20-8-6-16(30-20)12-29-15-5-3-14-4-7-19(23)26-18(14)11-15/h3-5,7,9-11,13,16,20H,6,8,12H2,1-2H3,(H2,23,26). The van der Waals surface area contributed by atoms with E-state index in [9.17, 15) is 0 Å². The Bertz CT molecular complexity index is 1200. The minimum atomic E-state index is -0.0564. The summed E-state index contributed by atoms with van der Waals surface area (Å²) in [7, 11) is 3.96. The summed E-state index contributed by atoms with van der Waals surface area (Å²) in [4.78, 5) is 15.2. The van der Waals surface area contributed by atoms with E-state index < -0.39 is 0 Å². The van der Waals surface area contributed by atoms with Gasteiger partial charge in [-0.2, -0.15) is 0 Å². The topological polar surface area (TPSA) is 91.3 Å². The Morgan fingerprint density at radius 2 is 2.03 bits per heavy atom. The number of pyridine rings is 1. The highest BCUT2D eigenvalue weighted by Gasteiger charge is 2.28. The molecule has 1 saturated heterocycles. The summed E-state index contributed by atoms with van der Waals surface area (Å²) in [6.45, 7) is 0.488. The third-order valence-corrected chi connectivity index (χ3v) is 5.43. The summed E-state index contributed by atoms with van der Waals surface area (Å²) < 4.78 is 14.4. The van der Waals surface area contributed by atoms with Crippen LogP contribution in [-0.2, 0) is 4.74 Å². The smallest absolute Gasteiger partial charge is 0.147 e. The number of nitrogens with two attached hydrogens (primary N) is 1. The first kappa shape index (κ1) is 18.6. The number of aromatic nitrogens is 4. The predicted molar refractivity (Wildman–Crippen MR) is 117 cm³/mol. The van der Waals surface area contributed by atoms with Crippen LogP contribution in [-0.4, -0.2) is 46.3 Å². The number of fused-ring (bicyclic) bond motifs is 2. The molecule has 0 spiro atoms. The number of anilines is 2. The van der Waals surface area contributed by atoms with Crippen molar-refractivity contribution in [1.82, 2.24) is 19.5 Å². The quantitative estimate of drug-likeness (QED) is 0.545. The molecule has 8 nitrogen and oxygen atoms in total. The summed E-state index contributed by atoms with van der Waals surface area (Å²) >= 11 is 0. The van der Waals surface area contributed by atoms with Crippen LogP contribution in [0.2, 0.25) is 0 Å². The molecule has 0 aliphatic carbocycles.